The van der Waals surface area contributed by atoms with E-state index in [1.54, 1.807) is 12.1 Å². The highest BCUT2D eigenvalue weighted by atomic mass is 16.5. The van der Waals surface area contributed by atoms with E-state index in [1.165, 1.54) is 18.4 Å². The van der Waals surface area contributed by atoms with Gasteiger partial charge < -0.3 is 15.2 Å². The Morgan fingerprint density at radius 1 is 1.40 bits per heavy atom. The number of phenols is 1. The van der Waals surface area contributed by atoms with Gasteiger partial charge in [0.05, 0.1) is 6.04 Å². The zero-order valence-corrected chi connectivity index (χ0v) is 8.57. The van der Waals surface area contributed by atoms with Crippen molar-refractivity contribution >= 4 is 0 Å². The monoisotopic (exact) mass is 205 g/mol. The van der Waals surface area contributed by atoms with Crippen LogP contribution in [0.15, 0.2) is 18.2 Å². The van der Waals surface area contributed by atoms with Crippen LogP contribution in [0, 0.1) is 5.92 Å². The first kappa shape index (κ1) is 9.04. The maximum absolute atomic E-state index is 9.31. The number of phenolic OH excluding ortho intramolecular Hbond substituents is 1. The average Bonchev–Trinajstić information content (AvgIpc) is 2.97. The van der Waals surface area contributed by atoms with Crippen LogP contribution in [0.2, 0.25) is 0 Å². The lowest BCUT2D eigenvalue weighted by molar-refractivity contribution is 0.309. The van der Waals surface area contributed by atoms with E-state index < -0.39 is 0 Å². The molecule has 1 unspecified atom stereocenters. The number of fused-ring (bicyclic) bond motifs is 1. The standard InChI is InChI=1S/C12H15NO2/c14-9-3-4-10-11(7-15-12(10)5-9)13-6-8-1-2-8/h3-5,8,11,13-14H,1-2,6-7H2. The van der Waals surface area contributed by atoms with Crippen LogP contribution >= 0.6 is 0 Å². The first-order chi connectivity index (χ1) is 7.33. The third-order valence-corrected chi connectivity index (χ3v) is 3.13. The van der Waals surface area contributed by atoms with E-state index in [1.807, 2.05) is 6.07 Å². The fourth-order valence-electron chi connectivity index (χ4n) is 2.00. The molecule has 80 valence electrons. The summed E-state index contributed by atoms with van der Waals surface area (Å²) < 4.78 is 5.52. The van der Waals surface area contributed by atoms with Gasteiger partial charge in [0.1, 0.15) is 18.1 Å². The van der Waals surface area contributed by atoms with Crippen LogP contribution in [0.4, 0.5) is 0 Å². The van der Waals surface area contributed by atoms with Crippen LogP contribution in [0.3, 0.4) is 0 Å². The minimum absolute atomic E-state index is 0.275. The highest BCUT2D eigenvalue weighted by Gasteiger charge is 2.27. The molecule has 0 aromatic heterocycles. The van der Waals surface area contributed by atoms with Crippen molar-refractivity contribution in [2.24, 2.45) is 5.92 Å². The number of benzene rings is 1. The lowest BCUT2D eigenvalue weighted by atomic mass is 10.1. The third-order valence-electron chi connectivity index (χ3n) is 3.13. The summed E-state index contributed by atoms with van der Waals surface area (Å²) in [5.41, 5.74) is 1.17. The molecule has 0 spiro atoms. The molecule has 1 aliphatic carbocycles. The molecule has 0 bridgehead atoms. The van der Waals surface area contributed by atoms with E-state index in [9.17, 15) is 5.11 Å². The van der Waals surface area contributed by atoms with Gasteiger partial charge in [-0.25, -0.2) is 0 Å². The van der Waals surface area contributed by atoms with Gasteiger partial charge in [-0.1, -0.05) is 0 Å². The second kappa shape index (κ2) is 3.42. The molecule has 3 rings (SSSR count). The smallest absolute Gasteiger partial charge is 0.127 e. The van der Waals surface area contributed by atoms with Gasteiger partial charge in [-0.3, -0.25) is 0 Å². The second-order valence-electron chi connectivity index (χ2n) is 4.44. The second-order valence-corrected chi connectivity index (χ2v) is 4.44. The average molecular weight is 205 g/mol. The van der Waals surface area contributed by atoms with E-state index >= 15 is 0 Å². The van der Waals surface area contributed by atoms with E-state index in [0.717, 1.165) is 18.2 Å². The summed E-state index contributed by atoms with van der Waals surface area (Å²) in [4.78, 5) is 0. The van der Waals surface area contributed by atoms with Gasteiger partial charge in [-0.15, -0.1) is 0 Å². The van der Waals surface area contributed by atoms with Crippen LogP contribution in [-0.2, 0) is 0 Å². The van der Waals surface area contributed by atoms with Gasteiger partial charge in [-0.05, 0) is 37.4 Å². The summed E-state index contributed by atoms with van der Waals surface area (Å²) in [6.07, 6.45) is 2.73. The molecule has 0 saturated heterocycles. The van der Waals surface area contributed by atoms with Crippen molar-refractivity contribution in [2.75, 3.05) is 13.2 Å². The summed E-state index contributed by atoms with van der Waals surface area (Å²) in [5, 5.41) is 12.8. The number of rotatable bonds is 3. The Hall–Kier alpha value is -1.22. The summed E-state index contributed by atoms with van der Waals surface area (Å²) >= 11 is 0. The number of hydrogen-bond acceptors (Lipinski definition) is 3. The summed E-state index contributed by atoms with van der Waals surface area (Å²) in [6.45, 7) is 1.78. The van der Waals surface area contributed by atoms with E-state index in [-0.39, 0.29) is 5.75 Å². The van der Waals surface area contributed by atoms with Gasteiger partial charge in [0.25, 0.3) is 0 Å². The molecule has 1 fully saturated rings. The summed E-state index contributed by atoms with van der Waals surface area (Å²) in [6, 6.07) is 5.66. The molecule has 2 N–H and O–H groups in total. The number of ether oxygens (including phenoxy) is 1. The molecule has 1 heterocycles. The molecule has 1 aromatic rings. The van der Waals surface area contributed by atoms with Crippen LogP contribution < -0.4 is 10.1 Å². The molecule has 3 heteroatoms. The van der Waals surface area contributed by atoms with E-state index in [2.05, 4.69) is 5.32 Å². The van der Waals surface area contributed by atoms with E-state index in [0.29, 0.717) is 12.6 Å². The summed E-state index contributed by atoms with van der Waals surface area (Å²) in [7, 11) is 0. The molecular weight excluding hydrogens is 190 g/mol. The Morgan fingerprint density at radius 2 is 2.27 bits per heavy atom. The highest BCUT2D eigenvalue weighted by Crippen LogP contribution is 2.36. The Balaban J connectivity index is 1.72. The largest absolute Gasteiger partial charge is 0.508 e. The van der Waals surface area contributed by atoms with Crippen molar-refractivity contribution in [3.63, 3.8) is 0 Å². The molecule has 1 aliphatic heterocycles. The maximum Gasteiger partial charge on any atom is 0.127 e. The fraction of sp³-hybridized carbons (Fsp3) is 0.500. The zero-order chi connectivity index (χ0) is 10.3. The topological polar surface area (TPSA) is 41.5 Å². The van der Waals surface area contributed by atoms with Gasteiger partial charge >= 0.3 is 0 Å². The van der Waals surface area contributed by atoms with Crippen molar-refractivity contribution in [3.05, 3.63) is 23.8 Å². The Bertz CT molecular complexity index is 374. The molecule has 1 saturated carbocycles. The van der Waals surface area contributed by atoms with Gasteiger partial charge in [0, 0.05) is 11.6 Å². The quantitative estimate of drug-likeness (QED) is 0.791. The van der Waals surface area contributed by atoms with Crippen LogP contribution in [-0.4, -0.2) is 18.3 Å². The summed E-state index contributed by atoms with van der Waals surface area (Å²) in [5.74, 6) is 1.98. The highest BCUT2D eigenvalue weighted by molar-refractivity contribution is 5.44. The van der Waals surface area contributed by atoms with Crippen LogP contribution in [0.1, 0.15) is 24.4 Å². The normalized spacial score (nSPS) is 23.6. The number of hydrogen-bond donors (Lipinski definition) is 2. The molecule has 15 heavy (non-hydrogen) atoms. The van der Waals surface area contributed by atoms with Crippen molar-refractivity contribution in [2.45, 2.75) is 18.9 Å². The molecule has 2 aliphatic rings. The Morgan fingerprint density at radius 3 is 3.07 bits per heavy atom. The lowest BCUT2D eigenvalue weighted by Gasteiger charge is -2.10. The minimum atomic E-state index is 0.275. The van der Waals surface area contributed by atoms with Gasteiger partial charge in [-0.2, -0.15) is 0 Å². The first-order valence-corrected chi connectivity index (χ1v) is 5.52. The van der Waals surface area contributed by atoms with Gasteiger partial charge in [0.2, 0.25) is 0 Å². The molecule has 3 nitrogen and oxygen atoms in total. The third kappa shape index (κ3) is 1.79. The van der Waals surface area contributed by atoms with Crippen molar-refractivity contribution in [1.82, 2.24) is 5.32 Å². The van der Waals surface area contributed by atoms with Crippen LogP contribution in [0.25, 0.3) is 0 Å². The fourth-order valence-corrected chi connectivity index (χ4v) is 2.00. The minimum Gasteiger partial charge on any atom is -0.508 e. The molecule has 0 radical (unpaired) electrons. The molecule has 1 aromatic carbocycles. The van der Waals surface area contributed by atoms with Gasteiger partial charge in [0.15, 0.2) is 0 Å². The van der Waals surface area contributed by atoms with Crippen molar-refractivity contribution < 1.29 is 9.84 Å². The molecule has 0 amide bonds. The number of aromatic hydroxyl groups is 1. The number of nitrogens with one attached hydrogen (secondary N) is 1. The van der Waals surface area contributed by atoms with E-state index in [4.69, 9.17) is 4.74 Å². The predicted octanol–water partition coefficient (Wildman–Crippen LogP) is 1.83. The van der Waals surface area contributed by atoms with Crippen LogP contribution in [0.5, 0.6) is 11.5 Å². The molecule has 1 atom stereocenters. The zero-order valence-electron chi connectivity index (χ0n) is 8.57. The maximum atomic E-state index is 9.31. The van der Waals surface area contributed by atoms with Crippen molar-refractivity contribution in [3.8, 4) is 11.5 Å². The SMILES string of the molecule is Oc1ccc2c(c1)OCC2NCC1CC1. The van der Waals surface area contributed by atoms with Crippen molar-refractivity contribution in [1.29, 1.82) is 0 Å². The molecular formula is C12H15NO2. The Kier molecular flexibility index (Phi) is 2.06. The predicted molar refractivity (Wildman–Crippen MR) is 57.1 cm³/mol. The lowest BCUT2D eigenvalue weighted by Crippen LogP contribution is -2.24. The first-order valence-electron chi connectivity index (χ1n) is 5.52. The Labute approximate surface area is 89.1 Å².